The quantitative estimate of drug-likeness (QED) is 0.930. The van der Waals surface area contributed by atoms with Crippen LogP contribution in [0.4, 0.5) is 4.39 Å². The third kappa shape index (κ3) is 3.08. The highest BCUT2D eigenvalue weighted by atomic mass is 79.9. The fourth-order valence-corrected chi connectivity index (χ4v) is 2.49. The Morgan fingerprint density at radius 2 is 2.11 bits per heavy atom. The third-order valence-electron chi connectivity index (χ3n) is 2.09. The molecule has 1 heterocycles. The molecule has 6 heteroatoms. The molecule has 0 radical (unpaired) electrons. The van der Waals surface area contributed by atoms with Crippen LogP contribution < -0.4 is 0 Å². The van der Waals surface area contributed by atoms with Gasteiger partial charge in [-0.15, -0.1) is 0 Å². The lowest BCUT2D eigenvalue weighted by Crippen LogP contribution is -1.97. The van der Waals surface area contributed by atoms with E-state index in [1.165, 1.54) is 17.8 Å². The molecule has 0 saturated carbocycles. The predicted molar refractivity (Wildman–Crippen MR) is 69.4 cm³/mol. The minimum Gasteiger partial charge on any atom is -0.478 e. The summed E-state index contributed by atoms with van der Waals surface area (Å²) in [4.78, 5) is 15.6. The number of benzene rings is 1. The maximum Gasteiger partial charge on any atom is 0.336 e. The van der Waals surface area contributed by atoms with Gasteiger partial charge in [0.15, 0.2) is 0 Å². The fraction of sp³-hybridized carbons (Fsp3) is 0. The van der Waals surface area contributed by atoms with Crippen molar-refractivity contribution < 1.29 is 14.3 Å². The van der Waals surface area contributed by atoms with E-state index >= 15 is 0 Å². The van der Waals surface area contributed by atoms with Crippen molar-refractivity contribution in [3.8, 4) is 0 Å². The molecule has 1 aromatic carbocycles. The molecule has 0 aliphatic carbocycles. The van der Waals surface area contributed by atoms with Gasteiger partial charge < -0.3 is 5.11 Å². The van der Waals surface area contributed by atoms with Crippen molar-refractivity contribution in [2.45, 2.75) is 9.92 Å². The van der Waals surface area contributed by atoms with Crippen LogP contribution in [0.1, 0.15) is 10.4 Å². The third-order valence-corrected chi connectivity index (χ3v) is 3.72. The van der Waals surface area contributed by atoms with E-state index in [1.807, 2.05) is 0 Å². The molecule has 2 rings (SSSR count). The number of pyridine rings is 1. The van der Waals surface area contributed by atoms with E-state index in [9.17, 15) is 9.18 Å². The first-order valence-electron chi connectivity index (χ1n) is 4.88. The summed E-state index contributed by atoms with van der Waals surface area (Å²) in [7, 11) is 0. The Hall–Kier alpha value is -1.40. The zero-order valence-electron chi connectivity index (χ0n) is 8.93. The lowest BCUT2D eigenvalue weighted by molar-refractivity contribution is 0.0695. The molecule has 92 valence electrons. The summed E-state index contributed by atoms with van der Waals surface area (Å²) in [5.74, 6) is -1.40. The van der Waals surface area contributed by atoms with Crippen molar-refractivity contribution in [3.05, 3.63) is 52.4 Å². The van der Waals surface area contributed by atoms with Gasteiger partial charge in [0.25, 0.3) is 0 Å². The fourth-order valence-electron chi connectivity index (χ4n) is 1.28. The van der Waals surface area contributed by atoms with Crippen molar-refractivity contribution in [1.29, 1.82) is 0 Å². The molecule has 0 unspecified atom stereocenters. The van der Waals surface area contributed by atoms with E-state index in [0.717, 1.165) is 11.1 Å². The zero-order chi connectivity index (χ0) is 13.1. The van der Waals surface area contributed by atoms with Crippen molar-refractivity contribution >= 4 is 33.7 Å². The lowest BCUT2D eigenvalue weighted by atomic mass is 10.2. The molecule has 1 aromatic heterocycles. The average molecular weight is 328 g/mol. The molecule has 0 amide bonds. The summed E-state index contributed by atoms with van der Waals surface area (Å²) in [6.45, 7) is 0. The number of nitrogens with zero attached hydrogens (tertiary/aromatic N) is 1. The van der Waals surface area contributed by atoms with Gasteiger partial charge in [-0.05, 0) is 46.3 Å². The Balaban J connectivity index is 2.27. The van der Waals surface area contributed by atoms with Crippen LogP contribution in [0.25, 0.3) is 0 Å². The molecule has 1 N–H and O–H groups in total. The van der Waals surface area contributed by atoms with Gasteiger partial charge in [0.2, 0.25) is 0 Å². The minimum absolute atomic E-state index is 0.183. The van der Waals surface area contributed by atoms with Crippen LogP contribution in [-0.2, 0) is 0 Å². The molecule has 0 fully saturated rings. The van der Waals surface area contributed by atoms with Gasteiger partial charge in [0.05, 0.1) is 11.8 Å². The summed E-state index contributed by atoms with van der Waals surface area (Å²) in [5, 5.41) is 9.59. The van der Waals surface area contributed by atoms with Crippen LogP contribution in [-0.4, -0.2) is 16.1 Å². The second-order valence-electron chi connectivity index (χ2n) is 3.36. The van der Waals surface area contributed by atoms with Crippen LogP contribution in [0.2, 0.25) is 0 Å². The highest BCUT2D eigenvalue weighted by molar-refractivity contribution is 9.10. The van der Waals surface area contributed by atoms with E-state index in [4.69, 9.17) is 5.11 Å². The largest absolute Gasteiger partial charge is 0.478 e. The van der Waals surface area contributed by atoms with E-state index in [2.05, 4.69) is 20.9 Å². The van der Waals surface area contributed by atoms with E-state index in [1.54, 1.807) is 24.3 Å². The summed E-state index contributed by atoms with van der Waals surface area (Å²) < 4.78 is 13.2. The predicted octanol–water partition coefficient (Wildman–Crippen LogP) is 3.83. The Morgan fingerprint density at radius 3 is 2.72 bits per heavy atom. The molecular weight excluding hydrogens is 321 g/mol. The monoisotopic (exact) mass is 327 g/mol. The van der Waals surface area contributed by atoms with Crippen LogP contribution in [0.3, 0.4) is 0 Å². The summed E-state index contributed by atoms with van der Waals surface area (Å²) in [6, 6.07) is 7.83. The second-order valence-corrected chi connectivity index (χ2v) is 5.31. The first-order valence-corrected chi connectivity index (χ1v) is 6.49. The van der Waals surface area contributed by atoms with Gasteiger partial charge in [0.1, 0.15) is 10.8 Å². The van der Waals surface area contributed by atoms with Crippen LogP contribution in [0, 0.1) is 5.82 Å². The maximum absolute atomic E-state index is 12.7. The van der Waals surface area contributed by atoms with Gasteiger partial charge >= 0.3 is 5.97 Å². The highest BCUT2D eigenvalue weighted by Crippen LogP contribution is 2.29. The first-order chi connectivity index (χ1) is 8.56. The number of aromatic carboxylic acids is 1. The molecule has 3 nitrogen and oxygen atoms in total. The summed E-state index contributed by atoms with van der Waals surface area (Å²) >= 11 is 4.45. The number of carboxylic acids is 1. The lowest BCUT2D eigenvalue weighted by Gasteiger charge is -2.04. The zero-order valence-corrected chi connectivity index (χ0v) is 11.3. The van der Waals surface area contributed by atoms with Gasteiger partial charge in [-0.2, -0.15) is 0 Å². The number of rotatable bonds is 3. The average Bonchev–Trinajstić information content (AvgIpc) is 2.34. The number of hydrogen-bond donors (Lipinski definition) is 1. The van der Waals surface area contributed by atoms with Crippen molar-refractivity contribution in [3.63, 3.8) is 0 Å². The maximum atomic E-state index is 12.7. The molecule has 2 aromatic rings. The Bertz CT molecular complexity index is 589. The molecule has 0 aliphatic heterocycles. The second kappa shape index (κ2) is 5.49. The smallest absolute Gasteiger partial charge is 0.336 e. The van der Waals surface area contributed by atoms with Gasteiger partial charge in [0, 0.05) is 9.37 Å². The Morgan fingerprint density at radius 1 is 1.33 bits per heavy atom. The van der Waals surface area contributed by atoms with Crippen LogP contribution in [0.5, 0.6) is 0 Å². The van der Waals surface area contributed by atoms with Crippen molar-refractivity contribution in [1.82, 2.24) is 4.98 Å². The van der Waals surface area contributed by atoms with E-state index < -0.39 is 11.8 Å². The first kappa shape index (κ1) is 13.0. The number of carboxylic acid groups (broad SMARTS) is 1. The Labute approximate surface area is 115 Å². The van der Waals surface area contributed by atoms with Gasteiger partial charge in [-0.25, -0.2) is 14.2 Å². The minimum atomic E-state index is -1.00. The van der Waals surface area contributed by atoms with Gasteiger partial charge in [-0.1, -0.05) is 11.8 Å². The van der Waals surface area contributed by atoms with Crippen LogP contribution in [0.15, 0.2) is 50.9 Å². The molecule has 0 bridgehead atoms. The van der Waals surface area contributed by atoms with Crippen LogP contribution >= 0.6 is 27.7 Å². The molecule has 18 heavy (non-hydrogen) atoms. The van der Waals surface area contributed by atoms with E-state index in [0.29, 0.717) is 9.50 Å². The highest BCUT2D eigenvalue weighted by Gasteiger charge is 2.10. The molecule has 0 spiro atoms. The topological polar surface area (TPSA) is 50.2 Å². The molecule has 0 aliphatic rings. The van der Waals surface area contributed by atoms with Crippen molar-refractivity contribution in [2.75, 3.05) is 0 Å². The number of carbonyl (C=O) groups is 1. The van der Waals surface area contributed by atoms with E-state index in [-0.39, 0.29) is 5.56 Å². The molecular formula is C12H7BrFNO2S. The SMILES string of the molecule is O=C(O)c1cc(Sc2ccc(F)cn2)ccc1Br. The standard InChI is InChI=1S/C12H7BrFNO2S/c13-10-3-2-8(5-9(10)12(16)17)18-11-4-1-7(14)6-15-11/h1-6H,(H,16,17). The number of hydrogen-bond acceptors (Lipinski definition) is 3. The number of halogens is 2. The normalized spacial score (nSPS) is 10.3. The molecule has 0 saturated heterocycles. The Kier molecular flexibility index (Phi) is 3.98. The summed E-state index contributed by atoms with van der Waals surface area (Å²) in [6.07, 6.45) is 1.12. The van der Waals surface area contributed by atoms with Gasteiger partial charge in [-0.3, -0.25) is 0 Å². The summed E-state index contributed by atoms with van der Waals surface area (Å²) in [5.41, 5.74) is 0.183. The van der Waals surface area contributed by atoms with Crippen molar-refractivity contribution in [2.24, 2.45) is 0 Å². The molecule has 0 atom stereocenters. The number of aromatic nitrogens is 1.